The number of rotatable bonds is 18. The molecule has 46 heteroatoms. The van der Waals surface area contributed by atoms with Gasteiger partial charge in [0.25, 0.3) is 0 Å². The summed E-state index contributed by atoms with van der Waals surface area (Å²) in [6.07, 6.45) is 0. The van der Waals surface area contributed by atoms with Gasteiger partial charge in [0.2, 0.25) is 27.6 Å². The van der Waals surface area contributed by atoms with Crippen LogP contribution in [0.2, 0.25) is 5.28 Å². The van der Waals surface area contributed by atoms with E-state index in [0.717, 1.165) is 48.5 Å². The molecule has 0 bridgehead atoms. The molecule has 0 atom stereocenters. The normalized spacial score (nSPS) is 12.3. The van der Waals surface area contributed by atoms with Gasteiger partial charge in [-0.05, 0) is 77.7 Å². The van der Waals surface area contributed by atoms with Gasteiger partial charge >= 0.3 is 177 Å². The topological polar surface area (TPSA) is 545 Å². The Bertz CT molecular complexity index is 4580. The summed E-state index contributed by atoms with van der Waals surface area (Å²) in [6.45, 7) is -0.994. The number of nitrogens with zero attached hydrogens (tertiary/aromatic N) is 7. The molecule has 0 fully saturated rings. The quantitative estimate of drug-likeness (QED) is 0.0204. The van der Waals surface area contributed by atoms with Crippen LogP contribution < -0.4 is 194 Å². The summed E-state index contributed by atoms with van der Waals surface area (Å²) >= 11 is 6.08. The fourth-order valence-corrected chi connectivity index (χ4v) is 12.0. The van der Waals surface area contributed by atoms with E-state index in [2.05, 4.69) is 50.2 Å². The van der Waals surface area contributed by atoms with Crippen LogP contribution in [-0.2, 0) is 75.0 Å². The van der Waals surface area contributed by atoms with Crippen LogP contribution in [0.15, 0.2) is 135 Å². The molecular weight excluding hydrogens is 1330 g/mol. The van der Waals surface area contributed by atoms with E-state index in [1.165, 1.54) is 12.1 Å². The number of hydrogen-bond donors (Lipinski definition) is 4. The van der Waals surface area contributed by atoms with E-state index in [4.69, 9.17) is 17.3 Å². The second-order valence-corrected chi connectivity index (χ2v) is 25.2. The molecule has 1 aromatic heterocycles. The minimum atomic E-state index is -5.87. The molecule has 83 heavy (non-hydrogen) atoms. The zero-order chi connectivity index (χ0) is 57.0. The van der Waals surface area contributed by atoms with E-state index >= 15 is 0 Å². The first-order valence-electron chi connectivity index (χ1n) is 19.8. The number of phenolic OH excluding ortho intramolecular Hbond substituents is 1. The predicted molar refractivity (Wildman–Crippen MR) is 254 cm³/mol. The van der Waals surface area contributed by atoms with Gasteiger partial charge in [0.05, 0.1) is 52.8 Å². The Hall–Kier alpha value is -1.09. The van der Waals surface area contributed by atoms with Gasteiger partial charge in [0.1, 0.15) is 73.3 Å². The number of benzene rings is 6. The molecule has 0 aliphatic carbocycles. The SMILES string of the molecule is Nc1c(N=Nc2ccc3c(S(=O)(=O)[O-])cccc3c2S(=O)(=O)[O-])c(S(=O)(=O)[O-])cc2cc(S(=O)(=O)[O-])c(N=Nc3cc(Nc4nc(Cl)nc(Nc5cccc(S(=O)(=O)CCOS(=O)(=O)[O-])c5)n4)ccc3S(=O)(=O)[O-])c(O)c12.[Na+].[Na+].[Na+].[Na+].[Na+].[Na+]. The molecule has 0 radical (unpaired) electrons. The molecule has 7 rings (SSSR count). The first-order chi connectivity index (χ1) is 35.4. The molecule has 7 aromatic rings. The number of nitrogens with one attached hydrogen (secondary N) is 2. The van der Waals surface area contributed by atoms with Crippen LogP contribution in [0.4, 0.5) is 51.7 Å². The Labute approximate surface area is 608 Å². The van der Waals surface area contributed by atoms with Crippen molar-refractivity contribution in [1.82, 2.24) is 15.0 Å². The summed E-state index contributed by atoms with van der Waals surface area (Å²) in [4.78, 5) is 4.89. The van der Waals surface area contributed by atoms with E-state index in [-0.39, 0.29) is 200 Å². The number of halogens is 1. The van der Waals surface area contributed by atoms with Crippen molar-refractivity contribution < 1.29 is 273 Å². The Morgan fingerprint density at radius 1 is 0.530 bits per heavy atom. The van der Waals surface area contributed by atoms with Crippen LogP contribution in [-0.4, -0.2) is 119 Å². The number of anilines is 5. The minimum Gasteiger partial charge on any atom is -0.744 e. The Balaban J connectivity index is 0.00000574. The van der Waals surface area contributed by atoms with Crippen molar-refractivity contribution in [2.24, 2.45) is 20.5 Å². The maximum Gasteiger partial charge on any atom is 1.00 e. The summed E-state index contributed by atoms with van der Waals surface area (Å²) in [7, 11) is -37.7. The Morgan fingerprint density at radius 2 is 1.04 bits per heavy atom. The summed E-state index contributed by atoms with van der Waals surface area (Å²) in [5, 5.41) is 27.4. The number of hydrogen-bond acceptors (Lipinski definition) is 32. The van der Waals surface area contributed by atoms with Crippen molar-refractivity contribution in [3.05, 3.63) is 90.2 Å². The maximum absolute atomic E-state index is 12.7. The van der Waals surface area contributed by atoms with Crippen LogP contribution >= 0.6 is 11.6 Å². The number of aromatic nitrogens is 3. The van der Waals surface area contributed by atoms with Crippen molar-refractivity contribution in [3.63, 3.8) is 0 Å². The second-order valence-electron chi connectivity index (χ2n) is 15.0. The van der Waals surface area contributed by atoms with Crippen LogP contribution in [0.1, 0.15) is 0 Å². The summed E-state index contributed by atoms with van der Waals surface area (Å²) in [5.74, 6) is -3.25. The fourth-order valence-electron chi connectivity index (χ4n) is 6.88. The molecule has 5 N–H and O–H groups in total. The van der Waals surface area contributed by atoms with Crippen molar-refractivity contribution in [2.45, 2.75) is 29.4 Å². The number of azo groups is 2. The Morgan fingerprint density at radius 3 is 1.57 bits per heavy atom. The third-order valence-corrected chi connectivity index (χ3v) is 16.7. The summed E-state index contributed by atoms with van der Waals surface area (Å²) < 4.78 is 248. The number of nitrogen functional groups attached to an aromatic ring is 1. The van der Waals surface area contributed by atoms with E-state index < -0.39 is 175 Å². The predicted octanol–water partition coefficient (Wildman–Crippen LogP) is -14.8. The molecule has 0 spiro atoms. The van der Waals surface area contributed by atoms with Gasteiger partial charge in [-0.1, -0.05) is 24.3 Å². The van der Waals surface area contributed by atoms with Gasteiger partial charge in [0, 0.05) is 22.1 Å². The first kappa shape index (κ1) is 79.9. The van der Waals surface area contributed by atoms with E-state index in [1.54, 1.807) is 0 Å². The minimum absolute atomic E-state index is 0. The molecule has 1 heterocycles. The molecule has 0 unspecified atom stereocenters. The van der Waals surface area contributed by atoms with Gasteiger partial charge in [-0.2, -0.15) is 15.0 Å². The van der Waals surface area contributed by atoms with E-state index in [9.17, 15) is 91.3 Å². The molecule has 32 nitrogen and oxygen atoms in total. The van der Waals surface area contributed by atoms with Gasteiger partial charge < -0.3 is 48.8 Å². The van der Waals surface area contributed by atoms with Crippen LogP contribution in [0.3, 0.4) is 0 Å². The largest absolute Gasteiger partial charge is 1.00 e. The zero-order valence-electron chi connectivity index (χ0n) is 43.0. The van der Waals surface area contributed by atoms with Gasteiger partial charge in [0.15, 0.2) is 15.6 Å². The van der Waals surface area contributed by atoms with Gasteiger partial charge in [-0.3, -0.25) is 4.18 Å². The maximum atomic E-state index is 12.7. The monoisotopic (exact) mass is 1360 g/mol. The van der Waals surface area contributed by atoms with Crippen LogP contribution in [0, 0.1) is 0 Å². The smallest absolute Gasteiger partial charge is 0.744 e. The van der Waals surface area contributed by atoms with Crippen LogP contribution in [0.25, 0.3) is 21.5 Å². The average molecular weight is 1360 g/mol. The Kier molecular flexibility index (Phi) is 29.5. The molecular formula is C37H23ClN10Na6O22S7. The number of fused-ring (bicyclic) bond motifs is 2. The van der Waals surface area contributed by atoms with E-state index in [0.29, 0.717) is 24.3 Å². The summed E-state index contributed by atoms with van der Waals surface area (Å²) in [6, 6.07) is 11.8. The zero-order valence-corrected chi connectivity index (χ0v) is 61.4. The van der Waals surface area contributed by atoms with Crippen molar-refractivity contribution in [2.75, 3.05) is 28.7 Å². The molecule has 0 aliphatic rings. The number of nitrogens with two attached hydrogens (primary N) is 1. The number of aromatic hydroxyl groups is 1. The van der Waals surface area contributed by atoms with Crippen molar-refractivity contribution in [3.8, 4) is 5.75 Å². The second kappa shape index (κ2) is 30.6. The molecule has 0 amide bonds. The molecule has 0 saturated heterocycles. The standard InChI is InChI=1S/C37H29ClN10O22S7.6Na/c38-35-42-36(40-18-3-1-4-20(15-18)71(50,51)12-11-70-77(67,68)69)44-37(43-35)41-19-7-10-26(73(55,56)57)24(16-19)46-48-32-28(75(61,62)63)14-17-13-27(74(58,59)60)31(30(39)29(17)33(32)49)47-45-23-9-8-21-22(34(23)76(64,65)66)5-2-6-25(21)72(52,53)54;;;;;;/h1-10,13-16,49H,11-12,39H2,(H,52,53,54)(H,55,56,57)(H,58,59,60)(H,61,62,63)(H,64,65,66)(H,67,68,69)(H2,40,41,42,43,44);;;;;;/q;6*+1/p-6. The third-order valence-electron chi connectivity index (χ3n) is 9.96. The van der Waals surface area contributed by atoms with Gasteiger partial charge in [-0.15, -0.1) is 20.5 Å². The molecule has 408 valence electrons. The average Bonchev–Trinajstić information content (AvgIpc) is 3.28. The van der Waals surface area contributed by atoms with E-state index in [1.807, 2.05) is 0 Å². The van der Waals surface area contributed by atoms with Crippen molar-refractivity contribution in [1.29, 1.82) is 0 Å². The fraction of sp³-hybridized carbons (Fsp3) is 0.0541. The first-order valence-corrected chi connectivity index (χ1v) is 30.2. The summed E-state index contributed by atoms with van der Waals surface area (Å²) in [5.41, 5.74) is 0.224. The molecule has 6 aromatic carbocycles. The number of phenols is 1. The number of sulfone groups is 1. The third kappa shape index (κ3) is 20.0. The van der Waals surface area contributed by atoms with Crippen molar-refractivity contribution >= 4 is 156 Å². The molecule has 0 aliphatic heterocycles. The molecule has 0 saturated carbocycles. The van der Waals surface area contributed by atoms with Gasteiger partial charge in [-0.25, -0.2) is 58.9 Å². The van der Waals surface area contributed by atoms with Crippen LogP contribution in [0.5, 0.6) is 5.75 Å².